The predicted molar refractivity (Wildman–Crippen MR) is 67.1 cm³/mol. The van der Waals surface area contributed by atoms with E-state index in [1.807, 2.05) is 0 Å². The molecule has 0 saturated heterocycles. The van der Waals surface area contributed by atoms with Crippen molar-refractivity contribution in [2.75, 3.05) is 5.73 Å². The number of alkyl halides is 3. The Kier molecular flexibility index (Phi) is 3.70. The van der Waals surface area contributed by atoms with Gasteiger partial charge >= 0.3 is 12.1 Å². The largest absolute Gasteiger partial charge is 0.478 e. The number of nitrogen functional groups attached to an aromatic ring is 1. The van der Waals surface area contributed by atoms with Crippen molar-refractivity contribution in [3.8, 4) is 11.5 Å². The summed E-state index contributed by atoms with van der Waals surface area (Å²) in [5, 5.41) is 8.92. The molecule has 8 heteroatoms. The van der Waals surface area contributed by atoms with Crippen LogP contribution in [0.3, 0.4) is 0 Å². The molecular weight excluding hydrogens is 289 g/mol. The minimum atomic E-state index is -4.73. The molecule has 21 heavy (non-hydrogen) atoms. The smallest absolute Gasteiger partial charge is 0.420 e. The van der Waals surface area contributed by atoms with Gasteiger partial charge in [0.25, 0.3) is 0 Å². The number of nitrogens with zero attached hydrogens (tertiary/aromatic N) is 1. The number of hydrogen-bond acceptors (Lipinski definition) is 4. The van der Waals surface area contributed by atoms with Crippen LogP contribution < -0.4 is 10.5 Å². The van der Waals surface area contributed by atoms with Crippen LogP contribution in [0.25, 0.3) is 0 Å². The second kappa shape index (κ2) is 5.31. The molecule has 2 aromatic rings. The lowest BCUT2D eigenvalue weighted by Gasteiger charge is -2.15. The maximum atomic E-state index is 13.0. The molecule has 0 bridgehead atoms. The van der Waals surface area contributed by atoms with Crippen LogP contribution in [0.4, 0.5) is 18.9 Å². The molecule has 110 valence electrons. The van der Waals surface area contributed by atoms with Crippen LogP contribution in [0.1, 0.15) is 15.9 Å². The lowest BCUT2D eigenvalue weighted by molar-refractivity contribution is -0.138. The van der Waals surface area contributed by atoms with Crippen LogP contribution in [0.5, 0.6) is 11.5 Å². The summed E-state index contributed by atoms with van der Waals surface area (Å²) in [5.41, 5.74) is 3.21. The van der Waals surface area contributed by atoms with Crippen molar-refractivity contribution in [1.82, 2.24) is 4.98 Å². The topological polar surface area (TPSA) is 85.4 Å². The summed E-state index contributed by atoms with van der Waals surface area (Å²) in [7, 11) is 0. The van der Waals surface area contributed by atoms with E-state index >= 15 is 0 Å². The number of ether oxygens (including phenoxy) is 1. The number of carbonyl (C=O) groups is 1. The summed E-state index contributed by atoms with van der Waals surface area (Å²) in [6.45, 7) is 0. The molecule has 0 saturated carbocycles. The lowest BCUT2D eigenvalue weighted by atomic mass is 10.1. The van der Waals surface area contributed by atoms with Gasteiger partial charge in [0.2, 0.25) is 0 Å². The van der Waals surface area contributed by atoms with E-state index < -0.39 is 34.7 Å². The average Bonchev–Trinajstić information content (AvgIpc) is 2.40. The van der Waals surface area contributed by atoms with Gasteiger partial charge < -0.3 is 15.6 Å². The molecule has 0 unspecified atom stereocenters. The van der Waals surface area contributed by atoms with Crippen LogP contribution in [-0.2, 0) is 6.18 Å². The van der Waals surface area contributed by atoms with Gasteiger partial charge in [-0.1, -0.05) is 0 Å². The van der Waals surface area contributed by atoms with E-state index in [1.165, 1.54) is 24.5 Å². The Balaban J connectivity index is 2.55. The van der Waals surface area contributed by atoms with Gasteiger partial charge in [-0.05, 0) is 24.3 Å². The standard InChI is InChI=1S/C13H9F3N2O3/c14-13(15,16)9-5-10(17)8(12(19)20)4-11(9)21-7-2-1-3-18-6-7/h1-6H,17H2,(H,19,20). The molecule has 0 radical (unpaired) electrons. The fourth-order valence-electron chi connectivity index (χ4n) is 1.62. The molecule has 0 fully saturated rings. The number of nitrogens with two attached hydrogens (primary N) is 1. The Morgan fingerprint density at radius 1 is 1.33 bits per heavy atom. The van der Waals surface area contributed by atoms with Gasteiger partial charge in [-0.3, -0.25) is 4.98 Å². The molecule has 1 heterocycles. The number of aromatic nitrogens is 1. The zero-order valence-corrected chi connectivity index (χ0v) is 10.4. The summed E-state index contributed by atoms with van der Waals surface area (Å²) in [5.74, 6) is -2.05. The van der Waals surface area contributed by atoms with Crippen LogP contribution >= 0.6 is 0 Å². The molecule has 5 nitrogen and oxygen atoms in total. The van der Waals surface area contributed by atoms with Crippen molar-refractivity contribution < 1.29 is 27.8 Å². The molecular formula is C13H9F3N2O3. The molecule has 0 atom stereocenters. The lowest BCUT2D eigenvalue weighted by Crippen LogP contribution is -2.11. The highest BCUT2D eigenvalue weighted by Gasteiger charge is 2.36. The van der Waals surface area contributed by atoms with Gasteiger partial charge in [0.15, 0.2) is 0 Å². The first-order valence-corrected chi connectivity index (χ1v) is 5.61. The van der Waals surface area contributed by atoms with Crippen molar-refractivity contribution in [2.24, 2.45) is 0 Å². The fourth-order valence-corrected chi connectivity index (χ4v) is 1.62. The van der Waals surface area contributed by atoms with E-state index in [0.717, 1.165) is 6.07 Å². The van der Waals surface area contributed by atoms with Gasteiger partial charge in [0.05, 0.1) is 11.8 Å². The van der Waals surface area contributed by atoms with Crippen molar-refractivity contribution in [2.45, 2.75) is 6.18 Å². The third-order valence-electron chi connectivity index (χ3n) is 2.55. The number of aromatic carboxylic acids is 1. The van der Waals surface area contributed by atoms with Crippen molar-refractivity contribution in [3.05, 3.63) is 47.8 Å². The summed E-state index contributed by atoms with van der Waals surface area (Å²) in [6.07, 6.45) is -2.11. The molecule has 0 aliphatic rings. The van der Waals surface area contributed by atoms with Gasteiger partial charge in [0, 0.05) is 11.9 Å². The fraction of sp³-hybridized carbons (Fsp3) is 0.0769. The molecule has 0 spiro atoms. The molecule has 1 aromatic carbocycles. The minimum Gasteiger partial charge on any atom is -0.478 e. The first-order valence-electron chi connectivity index (χ1n) is 5.61. The summed E-state index contributed by atoms with van der Waals surface area (Å²) in [6, 6.07) is 4.14. The minimum absolute atomic E-state index is 0.0455. The normalized spacial score (nSPS) is 11.2. The van der Waals surface area contributed by atoms with Crippen molar-refractivity contribution in [1.29, 1.82) is 0 Å². The molecule has 1 aromatic heterocycles. The monoisotopic (exact) mass is 298 g/mol. The zero-order chi connectivity index (χ0) is 15.6. The van der Waals surface area contributed by atoms with Crippen LogP contribution in [0, 0.1) is 0 Å². The number of benzene rings is 1. The number of halogens is 3. The van der Waals surface area contributed by atoms with Crippen LogP contribution in [0.2, 0.25) is 0 Å². The number of hydrogen-bond donors (Lipinski definition) is 2. The Labute approximate surface area is 116 Å². The number of rotatable bonds is 3. The Hall–Kier alpha value is -2.77. The quantitative estimate of drug-likeness (QED) is 0.850. The van der Waals surface area contributed by atoms with Gasteiger partial charge in [-0.15, -0.1) is 0 Å². The highest BCUT2D eigenvalue weighted by atomic mass is 19.4. The Morgan fingerprint density at radius 3 is 2.57 bits per heavy atom. The third kappa shape index (κ3) is 3.22. The van der Waals surface area contributed by atoms with Crippen molar-refractivity contribution >= 4 is 11.7 Å². The number of anilines is 1. The first-order chi connectivity index (χ1) is 9.79. The van der Waals surface area contributed by atoms with Crippen LogP contribution in [-0.4, -0.2) is 16.1 Å². The Bertz CT molecular complexity index is 672. The molecule has 3 N–H and O–H groups in total. The number of carboxylic acids is 1. The maximum Gasteiger partial charge on any atom is 0.420 e. The third-order valence-corrected chi connectivity index (χ3v) is 2.55. The average molecular weight is 298 g/mol. The zero-order valence-electron chi connectivity index (χ0n) is 10.4. The van der Waals surface area contributed by atoms with E-state index in [-0.39, 0.29) is 5.75 Å². The number of pyridine rings is 1. The van der Waals surface area contributed by atoms with Crippen molar-refractivity contribution in [3.63, 3.8) is 0 Å². The predicted octanol–water partition coefficient (Wildman–Crippen LogP) is 3.17. The van der Waals surface area contributed by atoms with Gasteiger partial charge in [-0.2, -0.15) is 13.2 Å². The van der Waals surface area contributed by atoms with E-state index in [0.29, 0.717) is 6.07 Å². The van der Waals surface area contributed by atoms with Gasteiger partial charge in [0.1, 0.15) is 17.1 Å². The molecule has 2 rings (SSSR count). The van der Waals surface area contributed by atoms with E-state index in [2.05, 4.69) is 4.98 Å². The van der Waals surface area contributed by atoms with E-state index in [4.69, 9.17) is 15.6 Å². The summed E-state index contributed by atoms with van der Waals surface area (Å²) >= 11 is 0. The summed E-state index contributed by atoms with van der Waals surface area (Å²) in [4.78, 5) is 14.7. The van der Waals surface area contributed by atoms with Crippen LogP contribution in [0.15, 0.2) is 36.7 Å². The summed E-state index contributed by atoms with van der Waals surface area (Å²) < 4.78 is 44.0. The Morgan fingerprint density at radius 2 is 2.05 bits per heavy atom. The second-order valence-corrected chi connectivity index (χ2v) is 4.03. The highest BCUT2D eigenvalue weighted by molar-refractivity contribution is 5.94. The highest BCUT2D eigenvalue weighted by Crippen LogP contribution is 2.40. The van der Waals surface area contributed by atoms with Gasteiger partial charge in [-0.25, -0.2) is 4.79 Å². The first kappa shape index (κ1) is 14.6. The molecule has 0 aliphatic carbocycles. The number of carboxylic acid groups (broad SMARTS) is 1. The molecule has 0 aliphatic heterocycles. The van der Waals surface area contributed by atoms with E-state index in [9.17, 15) is 18.0 Å². The molecule has 0 amide bonds. The second-order valence-electron chi connectivity index (χ2n) is 4.03. The maximum absolute atomic E-state index is 13.0. The SMILES string of the molecule is Nc1cc(C(F)(F)F)c(Oc2cccnc2)cc1C(=O)O. The van der Waals surface area contributed by atoms with E-state index in [1.54, 1.807) is 0 Å².